The molecule has 0 radical (unpaired) electrons. The zero-order valence-corrected chi connectivity index (χ0v) is 18.6. The average molecular weight is 443 g/mol. The maximum Gasteiger partial charge on any atom is 0.251 e. The van der Waals surface area contributed by atoms with Crippen LogP contribution in [0.5, 0.6) is 0 Å². The van der Waals surface area contributed by atoms with E-state index in [2.05, 4.69) is 52.6 Å². The minimum atomic E-state index is -0.113. The van der Waals surface area contributed by atoms with Gasteiger partial charge in [0.1, 0.15) is 0 Å². The molecule has 3 aromatic carbocycles. The molecule has 5 nitrogen and oxygen atoms in total. The molecule has 4 aromatic rings. The number of halogens is 1. The van der Waals surface area contributed by atoms with E-state index in [0.29, 0.717) is 23.1 Å². The van der Waals surface area contributed by atoms with Crippen molar-refractivity contribution in [2.24, 2.45) is 0 Å². The van der Waals surface area contributed by atoms with E-state index in [1.807, 2.05) is 42.5 Å². The van der Waals surface area contributed by atoms with E-state index >= 15 is 0 Å². The standard InChI is InChI=1S/C26H23ClN4O/c1-17-3-4-21(18(2)15-17)16-29-25(32)20-7-11-23(12-8-20)30-26-28-14-13-24(31-26)19-5-9-22(27)10-6-19/h3-15H,16H2,1-2H3,(H,29,32)(H,28,30,31). The van der Waals surface area contributed by atoms with Gasteiger partial charge in [-0.05, 0) is 67.4 Å². The van der Waals surface area contributed by atoms with E-state index < -0.39 is 0 Å². The summed E-state index contributed by atoms with van der Waals surface area (Å²) < 4.78 is 0. The lowest BCUT2D eigenvalue weighted by Crippen LogP contribution is -2.23. The highest BCUT2D eigenvalue weighted by atomic mass is 35.5. The number of rotatable bonds is 6. The second kappa shape index (κ2) is 9.62. The molecule has 1 aromatic heterocycles. The van der Waals surface area contributed by atoms with Crippen molar-refractivity contribution in [2.45, 2.75) is 20.4 Å². The number of aryl methyl sites for hydroxylation is 2. The van der Waals surface area contributed by atoms with Crippen molar-refractivity contribution in [2.75, 3.05) is 5.32 Å². The Balaban J connectivity index is 1.40. The quantitative estimate of drug-likeness (QED) is 0.379. The van der Waals surface area contributed by atoms with Crippen LogP contribution in [-0.2, 0) is 6.54 Å². The van der Waals surface area contributed by atoms with Gasteiger partial charge in [0, 0.05) is 34.6 Å². The summed E-state index contributed by atoms with van der Waals surface area (Å²) in [6.07, 6.45) is 1.70. The van der Waals surface area contributed by atoms with Gasteiger partial charge in [0.15, 0.2) is 0 Å². The van der Waals surface area contributed by atoms with Crippen LogP contribution in [0.15, 0.2) is 79.0 Å². The van der Waals surface area contributed by atoms with Gasteiger partial charge < -0.3 is 10.6 Å². The van der Waals surface area contributed by atoms with Crippen LogP contribution >= 0.6 is 11.6 Å². The summed E-state index contributed by atoms with van der Waals surface area (Å²) in [5.41, 5.74) is 6.63. The number of carbonyl (C=O) groups is 1. The van der Waals surface area contributed by atoms with E-state index in [1.54, 1.807) is 18.3 Å². The first-order chi connectivity index (χ1) is 15.5. The normalized spacial score (nSPS) is 10.6. The highest BCUT2D eigenvalue weighted by molar-refractivity contribution is 6.30. The van der Waals surface area contributed by atoms with Gasteiger partial charge in [0.05, 0.1) is 5.69 Å². The highest BCUT2D eigenvalue weighted by Gasteiger charge is 2.08. The second-order valence-corrected chi connectivity index (χ2v) is 8.02. The number of hydrogen-bond donors (Lipinski definition) is 2. The minimum Gasteiger partial charge on any atom is -0.348 e. The molecule has 0 aliphatic heterocycles. The molecule has 2 N–H and O–H groups in total. The predicted octanol–water partition coefficient (Wildman–Crippen LogP) is 6.09. The Morgan fingerprint density at radius 1 is 0.938 bits per heavy atom. The fourth-order valence-electron chi connectivity index (χ4n) is 3.36. The fourth-order valence-corrected chi connectivity index (χ4v) is 3.48. The smallest absolute Gasteiger partial charge is 0.251 e. The molecule has 0 unspecified atom stereocenters. The van der Waals surface area contributed by atoms with Crippen LogP contribution in [0.3, 0.4) is 0 Å². The Labute approximate surface area is 192 Å². The molecule has 0 saturated carbocycles. The zero-order chi connectivity index (χ0) is 22.5. The van der Waals surface area contributed by atoms with Crippen molar-refractivity contribution < 1.29 is 4.79 Å². The van der Waals surface area contributed by atoms with Crippen molar-refractivity contribution in [3.05, 3.63) is 106 Å². The summed E-state index contributed by atoms with van der Waals surface area (Å²) in [6.45, 7) is 4.61. The van der Waals surface area contributed by atoms with Gasteiger partial charge in [-0.25, -0.2) is 9.97 Å². The summed E-state index contributed by atoms with van der Waals surface area (Å²) in [4.78, 5) is 21.4. The number of anilines is 2. The Bertz CT molecular complexity index is 1240. The lowest BCUT2D eigenvalue weighted by Gasteiger charge is -2.10. The summed E-state index contributed by atoms with van der Waals surface area (Å²) in [7, 11) is 0. The molecule has 32 heavy (non-hydrogen) atoms. The van der Waals surface area contributed by atoms with Crippen LogP contribution in [0.1, 0.15) is 27.0 Å². The van der Waals surface area contributed by atoms with E-state index in [9.17, 15) is 4.79 Å². The third-order valence-corrected chi connectivity index (χ3v) is 5.39. The number of nitrogens with zero attached hydrogens (tertiary/aromatic N) is 2. The first-order valence-electron chi connectivity index (χ1n) is 10.3. The van der Waals surface area contributed by atoms with E-state index in [-0.39, 0.29) is 5.91 Å². The van der Waals surface area contributed by atoms with Crippen LogP contribution in [0.2, 0.25) is 5.02 Å². The van der Waals surface area contributed by atoms with Crippen molar-refractivity contribution >= 4 is 29.1 Å². The number of nitrogens with one attached hydrogen (secondary N) is 2. The molecule has 160 valence electrons. The maximum atomic E-state index is 12.5. The van der Waals surface area contributed by atoms with Gasteiger partial charge in [0.25, 0.3) is 5.91 Å². The number of amides is 1. The number of aromatic nitrogens is 2. The highest BCUT2D eigenvalue weighted by Crippen LogP contribution is 2.21. The summed E-state index contributed by atoms with van der Waals surface area (Å²) >= 11 is 5.96. The molecule has 1 heterocycles. The average Bonchev–Trinajstić information content (AvgIpc) is 2.79. The van der Waals surface area contributed by atoms with Gasteiger partial charge in [-0.1, -0.05) is 47.5 Å². The van der Waals surface area contributed by atoms with Crippen molar-refractivity contribution in [1.29, 1.82) is 0 Å². The monoisotopic (exact) mass is 442 g/mol. The van der Waals surface area contributed by atoms with Gasteiger partial charge in [-0.2, -0.15) is 0 Å². The molecule has 0 saturated heterocycles. The van der Waals surface area contributed by atoms with Crippen molar-refractivity contribution in [3.63, 3.8) is 0 Å². The molecule has 1 amide bonds. The largest absolute Gasteiger partial charge is 0.348 e. The van der Waals surface area contributed by atoms with Crippen molar-refractivity contribution in [3.8, 4) is 11.3 Å². The Hall–Kier alpha value is -3.70. The van der Waals surface area contributed by atoms with Crippen LogP contribution in [0, 0.1) is 13.8 Å². The lowest BCUT2D eigenvalue weighted by atomic mass is 10.1. The molecule has 4 rings (SSSR count). The molecule has 6 heteroatoms. The summed E-state index contributed by atoms with van der Waals surface area (Å²) in [5.74, 6) is 0.363. The third-order valence-electron chi connectivity index (χ3n) is 5.14. The molecule has 0 atom stereocenters. The van der Waals surface area contributed by atoms with Crippen LogP contribution in [0.4, 0.5) is 11.6 Å². The van der Waals surface area contributed by atoms with Gasteiger partial charge in [-0.15, -0.1) is 0 Å². The molecule has 0 aliphatic rings. The van der Waals surface area contributed by atoms with Gasteiger partial charge in [0.2, 0.25) is 5.95 Å². The molecule has 0 fully saturated rings. The molecular formula is C26H23ClN4O. The van der Waals surface area contributed by atoms with Crippen molar-refractivity contribution in [1.82, 2.24) is 15.3 Å². The third kappa shape index (κ3) is 5.31. The Morgan fingerprint density at radius 2 is 1.69 bits per heavy atom. The van der Waals surface area contributed by atoms with E-state index in [4.69, 9.17) is 11.6 Å². The lowest BCUT2D eigenvalue weighted by molar-refractivity contribution is 0.0951. The topological polar surface area (TPSA) is 66.9 Å². The minimum absolute atomic E-state index is 0.113. The van der Waals surface area contributed by atoms with E-state index in [0.717, 1.165) is 22.5 Å². The summed E-state index contributed by atoms with van der Waals surface area (Å²) in [6, 6.07) is 22.8. The predicted molar refractivity (Wildman–Crippen MR) is 129 cm³/mol. The zero-order valence-electron chi connectivity index (χ0n) is 17.9. The van der Waals surface area contributed by atoms with E-state index in [1.165, 1.54) is 11.1 Å². The first-order valence-corrected chi connectivity index (χ1v) is 10.7. The maximum absolute atomic E-state index is 12.5. The Kier molecular flexibility index (Phi) is 6.47. The fraction of sp³-hybridized carbons (Fsp3) is 0.115. The summed E-state index contributed by atoms with van der Waals surface area (Å²) in [5, 5.41) is 6.84. The molecule has 0 spiro atoms. The SMILES string of the molecule is Cc1ccc(CNC(=O)c2ccc(Nc3nccc(-c4ccc(Cl)cc4)n3)cc2)c(C)c1. The van der Waals surface area contributed by atoms with Crippen LogP contribution in [-0.4, -0.2) is 15.9 Å². The number of hydrogen-bond acceptors (Lipinski definition) is 4. The second-order valence-electron chi connectivity index (χ2n) is 7.59. The molecule has 0 aliphatic carbocycles. The molecule has 0 bridgehead atoms. The number of benzene rings is 3. The number of carbonyl (C=O) groups excluding carboxylic acids is 1. The van der Waals surface area contributed by atoms with Gasteiger partial charge >= 0.3 is 0 Å². The molecular weight excluding hydrogens is 420 g/mol. The first kappa shape index (κ1) is 21.5. The van der Waals surface area contributed by atoms with Gasteiger partial charge in [-0.3, -0.25) is 4.79 Å². The van der Waals surface area contributed by atoms with Crippen LogP contribution < -0.4 is 10.6 Å². The van der Waals surface area contributed by atoms with Crippen LogP contribution in [0.25, 0.3) is 11.3 Å². The Morgan fingerprint density at radius 3 is 2.41 bits per heavy atom.